The van der Waals surface area contributed by atoms with Gasteiger partial charge in [-0.05, 0) is 60.2 Å². The van der Waals surface area contributed by atoms with Crippen LogP contribution in [-0.2, 0) is 19.4 Å². The number of ether oxygens (including phenoxy) is 2. The van der Waals surface area contributed by atoms with Gasteiger partial charge in [-0.1, -0.05) is 12.1 Å². The van der Waals surface area contributed by atoms with E-state index in [0.717, 1.165) is 35.5 Å². The SMILES string of the molecule is CN(Cc1ccc2c(c1)OCO2)C(=O)c1ccc2c(c1)CCC2. The maximum atomic E-state index is 12.7. The van der Waals surface area contributed by atoms with Gasteiger partial charge in [0.25, 0.3) is 5.91 Å². The minimum atomic E-state index is 0.0531. The molecule has 0 N–H and O–H groups in total. The van der Waals surface area contributed by atoms with Crippen molar-refractivity contribution in [3.8, 4) is 11.5 Å². The average Bonchev–Trinajstić information content (AvgIpc) is 3.21. The molecule has 2 aliphatic rings. The molecule has 0 spiro atoms. The summed E-state index contributed by atoms with van der Waals surface area (Å²) < 4.78 is 10.7. The third kappa shape index (κ3) is 2.65. The summed E-state index contributed by atoms with van der Waals surface area (Å²) in [5, 5.41) is 0. The minimum absolute atomic E-state index is 0.0531. The zero-order valence-electron chi connectivity index (χ0n) is 13.2. The molecule has 4 heteroatoms. The maximum Gasteiger partial charge on any atom is 0.253 e. The molecule has 1 aliphatic carbocycles. The summed E-state index contributed by atoms with van der Waals surface area (Å²) in [5.74, 6) is 1.57. The molecule has 4 rings (SSSR count). The molecule has 118 valence electrons. The van der Waals surface area contributed by atoms with Crippen molar-refractivity contribution in [1.82, 2.24) is 4.90 Å². The molecule has 1 amide bonds. The standard InChI is InChI=1S/C19H19NO3/c1-20(11-13-5-8-17-18(9-13)23-12-22-17)19(21)16-7-6-14-3-2-4-15(14)10-16/h5-10H,2-4,11-12H2,1H3. The summed E-state index contributed by atoms with van der Waals surface area (Å²) in [4.78, 5) is 14.4. The molecule has 1 heterocycles. The van der Waals surface area contributed by atoms with Crippen molar-refractivity contribution in [3.05, 3.63) is 58.7 Å². The molecule has 23 heavy (non-hydrogen) atoms. The first-order valence-corrected chi connectivity index (χ1v) is 7.96. The number of aryl methyl sites for hydroxylation is 2. The largest absolute Gasteiger partial charge is 0.454 e. The van der Waals surface area contributed by atoms with E-state index in [0.29, 0.717) is 6.54 Å². The van der Waals surface area contributed by atoms with E-state index >= 15 is 0 Å². The van der Waals surface area contributed by atoms with Crippen LogP contribution < -0.4 is 9.47 Å². The molecular formula is C19H19NO3. The quantitative estimate of drug-likeness (QED) is 0.874. The third-order valence-electron chi connectivity index (χ3n) is 4.55. The molecule has 0 saturated carbocycles. The highest BCUT2D eigenvalue weighted by Gasteiger charge is 2.18. The van der Waals surface area contributed by atoms with E-state index in [1.807, 2.05) is 31.3 Å². The number of amides is 1. The molecule has 0 aromatic heterocycles. The molecule has 0 radical (unpaired) electrons. The highest BCUT2D eigenvalue weighted by molar-refractivity contribution is 5.94. The van der Waals surface area contributed by atoms with Crippen molar-refractivity contribution < 1.29 is 14.3 Å². The number of carbonyl (C=O) groups is 1. The van der Waals surface area contributed by atoms with Gasteiger partial charge in [0.15, 0.2) is 11.5 Å². The summed E-state index contributed by atoms with van der Waals surface area (Å²) in [5.41, 5.74) is 4.52. The van der Waals surface area contributed by atoms with E-state index in [-0.39, 0.29) is 12.7 Å². The Bertz CT molecular complexity index is 769. The Balaban J connectivity index is 1.50. The minimum Gasteiger partial charge on any atom is -0.454 e. The van der Waals surface area contributed by atoms with Gasteiger partial charge in [0.2, 0.25) is 6.79 Å². The van der Waals surface area contributed by atoms with Gasteiger partial charge in [-0.3, -0.25) is 4.79 Å². The second kappa shape index (κ2) is 5.61. The predicted molar refractivity (Wildman–Crippen MR) is 86.8 cm³/mol. The fraction of sp³-hybridized carbons (Fsp3) is 0.316. The summed E-state index contributed by atoms with van der Waals surface area (Å²) in [6, 6.07) is 11.9. The molecule has 0 bridgehead atoms. The van der Waals surface area contributed by atoms with Crippen LogP contribution in [0.2, 0.25) is 0 Å². The molecule has 2 aromatic carbocycles. The Labute approximate surface area is 135 Å². The highest BCUT2D eigenvalue weighted by atomic mass is 16.7. The summed E-state index contributed by atoms with van der Waals surface area (Å²) >= 11 is 0. The molecule has 0 unspecified atom stereocenters. The van der Waals surface area contributed by atoms with Crippen LogP contribution in [0.5, 0.6) is 11.5 Å². The number of benzene rings is 2. The lowest BCUT2D eigenvalue weighted by molar-refractivity contribution is 0.0785. The normalized spacial score (nSPS) is 14.7. The fourth-order valence-electron chi connectivity index (χ4n) is 3.31. The first-order valence-electron chi connectivity index (χ1n) is 7.96. The van der Waals surface area contributed by atoms with E-state index in [1.54, 1.807) is 4.90 Å². The van der Waals surface area contributed by atoms with Crippen molar-refractivity contribution in [2.45, 2.75) is 25.8 Å². The van der Waals surface area contributed by atoms with Gasteiger partial charge in [0.05, 0.1) is 0 Å². The first kappa shape index (κ1) is 14.1. The van der Waals surface area contributed by atoms with Gasteiger partial charge in [-0.25, -0.2) is 0 Å². The van der Waals surface area contributed by atoms with Gasteiger partial charge in [-0.2, -0.15) is 0 Å². The highest BCUT2D eigenvalue weighted by Crippen LogP contribution is 2.32. The predicted octanol–water partition coefficient (Wildman–Crippen LogP) is 3.18. The van der Waals surface area contributed by atoms with Crippen molar-refractivity contribution in [1.29, 1.82) is 0 Å². The van der Waals surface area contributed by atoms with E-state index in [1.165, 1.54) is 17.5 Å². The van der Waals surface area contributed by atoms with E-state index in [2.05, 4.69) is 12.1 Å². The Morgan fingerprint density at radius 1 is 1.04 bits per heavy atom. The molecular weight excluding hydrogens is 290 g/mol. The molecule has 0 saturated heterocycles. The number of fused-ring (bicyclic) bond motifs is 2. The molecule has 0 atom stereocenters. The topological polar surface area (TPSA) is 38.8 Å². The lowest BCUT2D eigenvalue weighted by atomic mass is 10.1. The van der Waals surface area contributed by atoms with Crippen LogP contribution in [0, 0.1) is 0 Å². The van der Waals surface area contributed by atoms with Gasteiger partial charge in [0.1, 0.15) is 0 Å². The number of nitrogens with zero attached hydrogens (tertiary/aromatic N) is 1. The molecule has 4 nitrogen and oxygen atoms in total. The van der Waals surface area contributed by atoms with E-state index in [9.17, 15) is 4.79 Å². The van der Waals surface area contributed by atoms with Gasteiger partial charge in [0, 0.05) is 19.2 Å². The molecule has 1 aliphatic heterocycles. The average molecular weight is 309 g/mol. The Morgan fingerprint density at radius 3 is 2.78 bits per heavy atom. The van der Waals surface area contributed by atoms with Gasteiger partial charge < -0.3 is 14.4 Å². The van der Waals surface area contributed by atoms with Crippen LogP contribution in [0.15, 0.2) is 36.4 Å². The summed E-state index contributed by atoms with van der Waals surface area (Å²) in [6.45, 7) is 0.815. The summed E-state index contributed by atoms with van der Waals surface area (Å²) in [7, 11) is 1.83. The maximum absolute atomic E-state index is 12.7. The number of hydrogen-bond acceptors (Lipinski definition) is 3. The van der Waals surface area contributed by atoms with E-state index in [4.69, 9.17) is 9.47 Å². The van der Waals surface area contributed by atoms with Crippen LogP contribution in [0.3, 0.4) is 0 Å². The van der Waals surface area contributed by atoms with Crippen LogP contribution in [0.4, 0.5) is 0 Å². The molecule has 2 aromatic rings. The van der Waals surface area contributed by atoms with Crippen molar-refractivity contribution in [2.75, 3.05) is 13.8 Å². The Hall–Kier alpha value is -2.49. The van der Waals surface area contributed by atoms with Crippen molar-refractivity contribution >= 4 is 5.91 Å². The first-order chi connectivity index (χ1) is 11.2. The smallest absolute Gasteiger partial charge is 0.253 e. The van der Waals surface area contributed by atoms with Crippen LogP contribution in [0.25, 0.3) is 0 Å². The third-order valence-corrected chi connectivity index (χ3v) is 4.55. The van der Waals surface area contributed by atoms with Crippen LogP contribution in [-0.4, -0.2) is 24.6 Å². The monoisotopic (exact) mass is 309 g/mol. The van der Waals surface area contributed by atoms with Crippen molar-refractivity contribution in [2.24, 2.45) is 0 Å². The van der Waals surface area contributed by atoms with E-state index < -0.39 is 0 Å². The Morgan fingerprint density at radius 2 is 1.87 bits per heavy atom. The van der Waals surface area contributed by atoms with Crippen LogP contribution in [0.1, 0.15) is 33.5 Å². The fourth-order valence-corrected chi connectivity index (χ4v) is 3.31. The number of hydrogen-bond donors (Lipinski definition) is 0. The zero-order valence-corrected chi connectivity index (χ0v) is 13.2. The van der Waals surface area contributed by atoms with Crippen molar-refractivity contribution in [3.63, 3.8) is 0 Å². The Kier molecular flexibility index (Phi) is 3.45. The second-order valence-electron chi connectivity index (χ2n) is 6.19. The number of rotatable bonds is 3. The zero-order chi connectivity index (χ0) is 15.8. The van der Waals surface area contributed by atoms with Gasteiger partial charge in [-0.15, -0.1) is 0 Å². The van der Waals surface area contributed by atoms with Crippen LogP contribution >= 0.6 is 0 Å². The lowest BCUT2D eigenvalue weighted by Crippen LogP contribution is -2.26. The number of carbonyl (C=O) groups excluding carboxylic acids is 1. The summed E-state index contributed by atoms with van der Waals surface area (Å²) in [6.07, 6.45) is 3.42. The molecule has 0 fully saturated rings. The lowest BCUT2D eigenvalue weighted by Gasteiger charge is -2.18. The second-order valence-corrected chi connectivity index (χ2v) is 6.19. The van der Waals surface area contributed by atoms with Gasteiger partial charge >= 0.3 is 0 Å².